The topological polar surface area (TPSA) is 150 Å². The van der Waals surface area contributed by atoms with Gasteiger partial charge < -0.3 is 24.0 Å². The van der Waals surface area contributed by atoms with Gasteiger partial charge in [-0.2, -0.15) is 5.09 Å². The molecule has 0 aliphatic carbocycles. The molecule has 1 aromatic carbocycles. The Morgan fingerprint density at radius 1 is 1.29 bits per heavy atom. The van der Waals surface area contributed by atoms with E-state index < -0.39 is 50.2 Å². The van der Waals surface area contributed by atoms with Crippen LogP contribution in [-0.2, 0) is 23.4 Å². The molecule has 4 rings (SSSR count). The Morgan fingerprint density at radius 3 is 2.61 bits per heavy atom. The molecule has 1 saturated heterocycles. The zero-order valence-corrected chi connectivity index (χ0v) is 24.3. The van der Waals surface area contributed by atoms with Crippen molar-refractivity contribution >= 4 is 30.7 Å². The monoisotopic (exact) mass is 598 g/mol. The van der Waals surface area contributed by atoms with E-state index in [2.05, 4.69) is 20.0 Å². The Morgan fingerprint density at radius 2 is 1.98 bits per heavy atom. The van der Waals surface area contributed by atoms with Gasteiger partial charge in [0.1, 0.15) is 24.2 Å². The largest absolute Gasteiger partial charge is 0.465 e. The van der Waals surface area contributed by atoms with Crippen LogP contribution < -0.4 is 14.5 Å². The van der Waals surface area contributed by atoms with Gasteiger partial charge in [-0.25, -0.2) is 28.3 Å². The quantitative estimate of drug-likeness (QED) is 0.246. The molecule has 224 valence electrons. The predicted octanol–water partition coefficient (Wildman–Crippen LogP) is 3.23. The second kappa shape index (κ2) is 11.6. The lowest BCUT2D eigenvalue weighted by atomic mass is 9.97. The summed E-state index contributed by atoms with van der Waals surface area (Å²) in [5.41, 5.74) is -2.27. The predicted molar refractivity (Wildman–Crippen MR) is 144 cm³/mol. The summed E-state index contributed by atoms with van der Waals surface area (Å²) in [6.45, 7) is 4.35. The molecule has 3 heterocycles. The van der Waals surface area contributed by atoms with Crippen molar-refractivity contribution in [2.75, 3.05) is 32.2 Å². The van der Waals surface area contributed by atoms with Gasteiger partial charge in [-0.05, 0) is 39.8 Å². The van der Waals surface area contributed by atoms with Crippen LogP contribution in [0, 0.1) is 6.92 Å². The van der Waals surface area contributed by atoms with E-state index in [0.717, 1.165) is 11.5 Å². The molecule has 2 aromatic heterocycles. The highest BCUT2D eigenvalue weighted by Gasteiger charge is 2.65. The average Bonchev–Trinajstić information content (AvgIpc) is 3.40. The molecule has 16 heteroatoms. The third kappa shape index (κ3) is 6.19. The van der Waals surface area contributed by atoms with Gasteiger partial charge >= 0.3 is 13.7 Å². The van der Waals surface area contributed by atoms with Crippen LogP contribution in [0.1, 0.15) is 32.8 Å². The van der Waals surface area contributed by atoms with Crippen LogP contribution in [0.2, 0.25) is 0 Å². The van der Waals surface area contributed by atoms with E-state index in [1.165, 1.54) is 25.4 Å². The number of para-hydroxylation sites is 1. The maximum Gasteiger partial charge on any atom is 0.459 e. The summed E-state index contributed by atoms with van der Waals surface area (Å²) in [5.74, 6) is -3.11. The van der Waals surface area contributed by atoms with Crippen molar-refractivity contribution in [3.8, 4) is 5.75 Å². The van der Waals surface area contributed by atoms with Crippen LogP contribution in [-0.4, -0.2) is 81.6 Å². The number of anilines is 1. The van der Waals surface area contributed by atoms with Gasteiger partial charge in [0.05, 0.1) is 12.9 Å². The summed E-state index contributed by atoms with van der Waals surface area (Å²) >= 11 is 0. The molecule has 0 spiro atoms. The van der Waals surface area contributed by atoms with Crippen LogP contribution in [0.3, 0.4) is 0 Å². The van der Waals surface area contributed by atoms with Gasteiger partial charge in [-0.15, -0.1) is 0 Å². The van der Waals surface area contributed by atoms with Gasteiger partial charge in [0.2, 0.25) is 0 Å². The van der Waals surface area contributed by atoms with Crippen molar-refractivity contribution in [1.82, 2.24) is 24.6 Å². The number of fused-ring (bicyclic) bond motifs is 1. The molecule has 2 N–H and O–H groups in total. The number of aromatic nitrogens is 4. The Labute approximate surface area is 235 Å². The van der Waals surface area contributed by atoms with E-state index >= 15 is 8.78 Å². The lowest BCUT2D eigenvalue weighted by Crippen LogP contribution is -2.47. The molecule has 0 saturated carbocycles. The number of aliphatic hydroxyl groups is 1. The minimum atomic E-state index is -4.53. The average molecular weight is 599 g/mol. The Balaban J connectivity index is 1.63. The summed E-state index contributed by atoms with van der Waals surface area (Å²) in [6.07, 6.45) is -2.94. The number of halogens is 2. The molecule has 1 aliphatic rings. The number of nitrogens with one attached hydrogen (secondary N) is 1. The van der Waals surface area contributed by atoms with Crippen LogP contribution in [0.5, 0.6) is 5.75 Å². The molecule has 0 bridgehead atoms. The second-order valence-electron chi connectivity index (χ2n) is 9.90. The first-order valence-electron chi connectivity index (χ1n) is 12.8. The molecule has 0 radical (unpaired) electrons. The van der Waals surface area contributed by atoms with E-state index in [-0.39, 0.29) is 18.0 Å². The first-order chi connectivity index (χ1) is 19.2. The van der Waals surface area contributed by atoms with E-state index in [9.17, 15) is 14.5 Å². The number of carbonyl (C=O) groups excluding carboxylic acids is 1. The van der Waals surface area contributed by atoms with E-state index in [4.69, 9.17) is 18.5 Å². The van der Waals surface area contributed by atoms with Gasteiger partial charge in [-0.1, -0.05) is 18.2 Å². The van der Waals surface area contributed by atoms with E-state index in [1.807, 2.05) is 0 Å². The molecule has 13 nitrogen and oxygen atoms in total. The van der Waals surface area contributed by atoms with Gasteiger partial charge in [0.15, 0.2) is 35.0 Å². The lowest BCUT2D eigenvalue weighted by Gasteiger charge is -2.28. The number of imidazole rings is 1. The number of ether oxygens (including phenoxy) is 2. The van der Waals surface area contributed by atoms with Gasteiger partial charge in [0.25, 0.3) is 5.85 Å². The number of hydrogen-bond donors (Lipinski definition) is 2. The maximum atomic E-state index is 16.2. The normalized spacial score (nSPS) is 26.5. The van der Waals surface area contributed by atoms with Crippen LogP contribution in [0.4, 0.5) is 14.6 Å². The fraction of sp³-hybridized carbons (Fsp3) is 0.520. The SMILES string of the molecule is CCOC(=O)[C@H](C)N[P@](=O)(OC[C@@]1(F)O[C@@H](n2cnc3c(N(C)C)nc(C)nc32)[C@](C)(F)[C@@H]1O)Oc1ccccc1. The van der Waals surface area contributed by atoms with Crippen molar-refractivity contribution in [2.24, 2.45) is 0 Å². The van der Waals surface area contributed by atoms with Crippen molar-refractivity contribution < 1.29 is 41.8 Å². The first-order valence-corrected chi connectivity index (χ1v) is 14.3. The zero-order chi connectivity index (χ0) is 30.2. The number of hydrogen-bond acceptors (Lipinski definition) is 11. The Kier molecular flexibility index (Phi) is 8.67. The number of alkyl halides is 2. The minimum Gasteiger partial charge on any atom is -0.465 e. The highest BCUT2D eigenvalue weighted by atomic mass is 31.2. The number of aliphatic hydroxyl groups excluding tert-OH is 1. The standard InChI is InChI=1S/C25H33F2N6O7P/c1-7-37-21(34)15(2)31-41(36,40-17-11-9-8-10-12-17)38-13-25(27)22(35)24(4,26)23(39-25)33-14-28-18-19(32(5)6)29-16(3)30-20(18)33/h8-12,14-15,22-23,35H,7,13H2,1-6H3,(H,31,36)/t15-,22-,23+,24+,25+,41-/m0/s1. The summed E-state index contributed by atoms with van der Waals surface area (Å²) in [7, 11) is -1.05. The number of benzene rings is 1. The highest BCUT2D eigenvalue weighted by molar-refractivity contribution is 7.52. The number of rotatable bonds is 11. The molecule has 1 fully saturated rings. The molecular formula is C25H33F2N6O7P. The highest BCUT2D eigenvalue weighted by Crippen LogP contribution is 2.52. The number of aryl methyl sites for hydroxylation is 1. The number of esters is 1. The fourth-order valence-corrected chi connectivity index (χ4v) is 5.80. The van der Waals surface area contributed by atoms with Crippen LogP contribution >= 0.6 is 7.75 Å². The molecular weight excluding hydrogens is 565 g/mol. The van der Waals surface area contributed by atoms with Gasteiger partial charge in [-0.3, -0.25) is 13.9 Å². The number of nitrogens with zero attached hydrogens (tertiary/aromatic N) is 5. The second-order valence-corrected chi connectivity index (χ2v) is 11.6. The summed E-state index contributed by atoms with van der Waals surface area (Å²) in [6, 6.07) is 6.60. The molecule has 1 aliphatic heterocycles. The third-order valence-corrected chi connectivity index (χ3v) is 7.94. The molecule has 3 aromatic rings. The van der Waals surface area contributed by atoms with Crippen LogP contribution in [0.25, 0.3) is 11.2 Å². The van der Waals surface area contributed by atoms with Crippen LogP contribution in [0.15, 0.2) is 36.7 Å². The number of carbonyl (C=O) groups is 1. The summed E-state index contributed by atoms with van der Waals surface area (Å²) in [4.78, 5) is 26.8. The minimum absolute atomic E-state index is 0.0586. The van der Waals surface area contributed by atoms with Crippen molar-refractivity contribution in [1.29, 1.82) is 0 Å². The van der Waals surface area contributed by atoms with Crippen molar-refractivity contribution in [3.05, 3.63) is 42.5 Å². The third-order valence-electron chi connectivity index (χ3n) is 6.32. The zero-order valence-electron chi connectivity index (χ0n) is 23.4. The van der Waals surface area contributed by atoms with E-state index in [0.29, 0.717) is 17.2 Å². The summed E-state index contributed by atoms with van der Waals surface area (Å²) < 4.78 is 68.3. The smallest absolute Gasteiger partial charge is 0.459 e. The molecule has 6 atom stereocenters. The molecule has 41 heavy (non-hydrogen) atoms. The van der Waals surface area contributed by atoms with Gasteiger partial charge in [0, 0.05) is 14.1 Å². The lowest BCUT2D eigenvalue weighted by molar-refractivity contribution is -0.202. The Bertz CT molecular complexity index is 1440. The fourth-order valence-electron chi connectivity index (χ4n) is 4.29. The van der Waals surface area contributed by atoms with E-state index in [1.54, 1.807) is 51.0 Å². The van der Waals surface area contributed by atoms with Crippen molar-refractivity contribution in [3.63, 3.8) is 0 Å². The van der Waals surface area contributed by atoms with Crippen molar-refractivity contribution in [2.45, 2.75) is 57.6 Å². The molecule has 0 unspecified atom stereocenters. The summed E-state index contributed by atoms with van der Waals surface area (Å²) in [5, 5.41) is 13.2. The maximum absolute atomic E-state index is 16.2. The molecule has 0 amide bonds. The Hall–Kier alpha value is -3.23. The first kappa shape index (κ1) is 30.7.